The molecule has 27 heavy (non-hydrogen) atoms. The number of nitrogens with one attached hydrogen (secondary N) is 1. The number of para-hydroxylation sites is 2. The Kier molecular flexibility index (Phi) is 7.89. The fourth-order valence-electron chi connectivity index (χ4n) is 2.61. The summed E-state index contributed by atoms with van der Waals surface area (Å²) in [5.41, 5.74) is 7.34. The number of carbonyl (C=O) groups is 1. The molecule has 0 heterocycles. The molecule has 0 unspecified atom stereocenters. The molecule has 1 amide bonds. The zero-order chi connectivity index (χ0) is 20.0. The van der Waals surface area contributed by atoms with Crippen molar-refractivity contribution >= 4 is 49.1 Å². The normalized spacial score (nSPS) is 13.5. The van der Waals surface area contributed by atoms with E-state index in [-0.39, 0.29) is 17.6 Å². The Balaban J connectivity index is 1.88. The Bertz CT molecular complexity index is 840. The summed E-state index contributed by atoms with van der Waals surface area (Å²) in [5.74, 6) is -0.322. The monoisotopic (exact) mass is 496 g/mol. The van der Waals surface area contributed by atoms with Crippen LogP contribution in [0.3, 0.4) is 0 Å². The number of amides is 1. The number of aliphatic hydroxyl groups excluding tert-OH is 1. The number of rotatable bonds is 7. The molecule has 0 aliphatic rings. The van der Waals surface area contributed by atoms with Gasteiger partial charge >= 0.3 is 0 Å². The van der Waals surface area contributed by atoms with Crippen LogP contribution in [0.1, 0.15) is 31.4 Å². The van der Waals surface area contributed by atoms with Crippen LogP contribution in [0.25, 0.3) is 0 Å². The molecule has 2 rings (SSSR count). The highest BCUT2D eigenvalue weighted by Gasteiger charge is 2.21. The number of phenolic OH excluding ortho intramolecular Hbond substituents is 1. The molecule has 0 spiro atoms. The van der Waals surface area contributed by atoms with Crippen LogP contribution in [0.4, 0.5) is 11.4 Å². The topological polar surface area (TPSA) is 95.6 Å². The van der Waals surface area contributed by atoms with Crippen LogP contribution in [0.5, 0.6) is 5.75 Å². The second-order valence-electron chi connectivity index (χ2n) is 6.30. The summed E-state index contributed by atoms with van der Waals surface area (Å²) in [6, 6.07) is 10.5. The number of anilines is 2. The SMILES string of the molecule is C[C@H](CC/C=C/C(=O)Nc1ccccc1N)[C@@H](O)c1cc(Br)cc(Br)c1O. The van der Waals surface area contributed by atoms with Gasteiger partial charge in [-0.2, -0.15) is 0 Å². The van der Waals surface area contributed by atoms with Gasteiger partial charge in [0.1, 0.15) is 5.75 Å². The van der Waals surface area contributed by atoms with Crippen LogP contribution in [0, 0.1) is 5.92 Å². The van der Waals surface area contributed by atoms with Gasteiger partial charge in [-0.3, -0.25) is 4.79 Å². The smallest absolute Gasteiger partial charge is 0.248 e. The van der Waals surface area contributed by atoms with Crippen molar-refractivity contribution in [2.75, 3.05) is 11.1 Å². The summed E-state index contributed by atoms with van der Waals surface area (Å²) in [6.07, 6.45) is 3.67. The van der Waals surface area contributed by atoms with Crippen LogP contribution in [-0.4, -0.2) is 16.1 Å². The fraction of sp³-hybridized carbons (Fsp3) is 0.250. The maximum Gasteiger partial charge on any atom is 0.248 e. The largest absolute Gasteiger partial charge is 0.506 e. The zero-order valence-electron chi connectivity index (χ0n) is 14.8. The molecule has 0 aliphatic heterocycles. The lowest BCUT2D eigenvalue weighted by atomic mass is 9.93. The van der Waals surface area contributed by atoms with Crippen molar-refractivity contribution < 1.29 is 15.0 Å². The maximum atomic E-state index is 11.9. The minimum Gasteiger partial charge on any atom is -0.506 e. The number of halogens is 2. The van der Waals surface area contributed by atoms with Gasteiger partial charge in [0.05, 0.1) is 22.0 Å². The van der Waals surface area contributed by atoms with E-state index in [0.717, 1.165) is 4.47 Å². The van der Waals surface area contributed by atoms with Gasteiger partial charge in [0.25, 0.3) is 0 Å². The van der Waals surface area contributed by atoms with Gasteiger partial charge in [-0.1, -0.05) is 41.1 Å². The number of allylic oxidation sites excluding steroid dienone is 1. The van der Waals surface area contributed by atoms with Gasteiger partial charge in [-0.05, 0) is 65.0 Å². The highest BCUT2D eigenvalue weighted by Crippen LogP contribution is 2.38. The number of aliphatic hydroxyl groups is 1. The predicted molar refractivity (Wildman–Crippen MR) is 115 cm³/mol. The summed E-state index contributed by atoms with van der Waals surface area (Å²) in [4.78, 5) is 11.9. The van der Waals surface area contributed by atoms with Crippen molar-refractivity contribution in [3.05, 3.63) is 63.1 Å². The zero-order valence-corrected chi connectivity index (χ0v) is 18.0. The number of nitrogens with two attached hydrogens (primary N) is 1. The maximum absolute atomic E-state index is 11.9. The molecule has 0 saturated carbocycles. The predicted octanol–water partition coefficient (Wildman–Crippen LogP) is 5.14. The first-order valence-electron chi connectivity index (χ1n) is 8.47. The first kappa shape index (κ1) is 21.5. The van der Waals surface area contributed by atoms with Gasteiger partial charge < -0.3 is 21.3 Å². The molecule has 7 heteroatoms. The molecule has 0 aromatic heterocycles. The van der Waals surface area contributed by atoms with Gasteiger partial charge in [0.15, 0.2) is 0 Å². The summed E-state index contributed by atoms with van der Waals surface area (Å²) in [5, 5.41) is 23.4. The van der Waals surface area contributed by atoms with E-state index in [9.17, 15) is 15.0 Å². The molecule has 0 aliphatic carbocycles. The summed E-state index contributed by atoms with van der Waals surface area (Å²) >= 11 is 6.63. The van der Waals surface area contributed by atoms with Crippen molar-refractivity contribution in [2.45, 2.75) is 25.9 Å². The average Bonchev–Trinajstić information content (AvgIpc) is 2.63. The molecule has 5 N–H and O–H groups in total. The van der Waals surface area contributed by atoms with Gasteiger partial charge in [0.2, 0.25) is 5.91 Å². The number of hydrogen-bond acceptors (Lipinski definition) is 4. The van der Waals surface area contributed by atoms with Crippen molar-refractivity contribution in [3.63, 3.8) is 0 Å². The lowest BCUT2D eigenvalue weighted by molar-refractivity contribution is -0.111. The van der Waals surface area contributed by atoms with E-state index in [1.54, 1.807) is 42.5 Å². The molecule has 2 atom stereocenters. The summed E-state index contributed by atoms with van der Waals surface area (Å²) in [6.45, 7) is 1.90. The second-order valence-corrected chi connectivity index (χ2v) is 8.07. The van der Waals surface area contributed by atoms with E-state index in [2.05, 4.69) is 37.2 Å². The molecule has 0 saturated heterocycles. The molecular formula is C20H22Br2N2O3. The first-order chi connectivity index (χ1) is 12.8. The molecule has 144 valence electrons. The minimum absolute atomic E-state index is 0.0351. The second kappa shape index (κ2) is 9.92. The van der Waals surface area contributed by atoms with E-state index in [0.29, 0.717) is 34.3 Å². The molecular weight excluding hydrogens is 476 g/mol. The van der Waals surface area contributed by atoms with Crippen molar-refractivity contribution in [3.8, 4) is 5.75 Å². The number of phenols is 1. The number of hydrogen-bond donors (Lipinski definition) is 4. The molecule has 5 nitrogen and oxygen atoms in total. The van der Waals surface area contributed by atoms with Gasteiger partial charge in [-0.25, -0.2) is 0 Å². The van der Waals surface area contributed by atoms with Crippen LogP contribution in [-0.2, 0) is 4.79 Å². The highest BCUT2D eigenvalue weighted by atomic mass is 79.9. The molecule has 0 fully saturated rings. The first-order valence-corrected chi connectivity index (χ1v) is 10.1. The fourth-order valence-corrected chi connectivity index (χ4v) is 3.87. The number of nitrogen functional groups attached to an aromatic ring is 1. The Morgan fingerprint density at radius 1 is 1.30 bits per heavy atom. The molecule has 0 radical (unpaired) electrons. The average molecular weight is 498 g/mol. The molecule has 2 aromatic carbocycles. The molecule has 2 aromatic rings. The van der Waals surface area contributed by atoms with Crippen LogP contribution in [0.2, 0.25) is 0 Å². The van der Waals surface area contributed by atoms with Gasteiger partial charge in [0, 0.05) is 10.0 Å². The lowest BCUT2D eigenvalue weighted by Crippen LogP contribution is -2.10. The van der Waals surface area contributed by atoms with E-state index in [1.165, 1.54) is 6.08 Å². The molecule has 0 bridgehead atoms. The van der Waals surface area contributed by atoms with E-state index in [4.69, 9.17) is 5.73 Å². The van der Waals surface area contributed by atoms with Crippen LogP contribution < -0.4 is 11.1 Å². The standard InChI is InChI=1S/C20H22Br2N2O3/c1-12(19(26)14-10-13(21)11-15(22)20(14)27)6-2-5-9-18(25)24-17-8-4-3-7-16(17)23/h3-5,7-12,19,26-27H,2,6,23H2,1H3,(H,24,25)/b9-5+/t12-,19-/m1/s1. The van der Waals surface area contributed by atoms with E-state index >= 15 is 0 Å². The number of benzene rings is 2. The third kappa shape index (κ3) is 6.09. The Morgan fingerprint density at radius 3 is 2.70 bits per heavy atom. The quantitative estimate of drug-likeness (QED) is 0.314. The van der Waals surface area contributed by atoms with E-state index in [1.807, 2.05) is 6.92 Å². The summed E-state index contributed by atoms with van der Waals surface area (Å²) < 4.78 is 1.29. The number of aromatic hydroxyl groups is 1. The number of carbonyl (C=O) groups excluding carboxylic acids is 1. The van der Waals surface area contributed by atoms with Gasteiger partial charge in [-0.15, -0.1) is 0 Å². The highest BCUT2D eigenvalue weighted by molar-refractivity contribution is 9.11. The lowest BCUT2D eigenvalue weighted by Gasteiger charge is -2.20. The van der Waals surface area contributed by atoms with Crippen molar-refractivity contribution in [2.24, 2.45) is 5.92 Å². The van der Waals surface area contributed by atoms with Crippen molar-refractivity contribution in [1.29, 1.82) is 0 Å². The van der Waals surface area contributed by atoms with Crippen LogP contribution in [0.15, 0.2) is 57.5 Å². The minimum atomic E-state index is -0.815. The summed E-state index contributed by atoms with van der Waals surface area (Å²) in [7, 11) is 0. The third-order valence-electron chi connectivity index (χ3n) is 4.19. The Morgan fingerprint density at radius 2 is 2.00 bits per heavy atom. The van der Waals surface area contributed by atoms with Crippen LogP contribution >= 0.6 is 31.9 Å². The Hall–Kier alpha value is -1.83. The van der Waals surface area contributed by atoms with Crippen molar-refractivity contribution in [1.82, 2.24) is 0 Å². The van der Waals surface area contributed by atoms with E-state index < -0.39 is 6.10 Å². The Labute approximate surface area is 175 Å². The third-order valence-corrected chi connectivity index (χ3v) is 5.25.